The normalized spacial score (nSPS) is 16.9. The van der Waals surface area contributed by atoms with Crippen LogP contribution in [-0.4, -0.2) is 59.3 Å². The molecule has 1 saturated heterocycles. The van der Waals surface area contributed by atoms with Crippen molar-refractivity contribution in [3.8, 4) is 11.8 Å². The number of amides is 4. The van der Waals surface area contributed by atoms with Crippen LogP contribution in [0.15, 0.2) is 77.5 Å². The van der Waals surface area contributed by atoms with Crippen LogP contribution in [0.25, 0.3) is 11.0 Å². The highest BCUT2D eigenvalue weighted by Gasteiger charge is 2.45. The lowest BCUT2D eigenvalue weighted by Gasteiger charge is -2.27. The molecule has 1 fully saturated rings. The monoisotopic (exact) mass is 590 g/mol. The van der Waals surface area contributed by atoms with Crippen LogP contribution in [0.4, 0.5) is 0 Å². The number of hydrogen-bond donors (Lipinski definition) is 2. The Morgan fingerprint density at radius 3 is 2.75 bits per heavy atom. The number of nitrogens with one attached hydrogen (secondary N) is 2. The van der Waals surface area contributed by atoms with E-state index in [0.717, 1.165) is 27.2 Å². The molecule has 4 heterocycles. The first-order valence-corrected chi connectivity index (χ1v) is 14.5. The maximum Gasteiger partial charge on any atom is 0.263 e. The Kier molecular flexibility index (Phi) is 8.59. The van der Waals surface area contributed by atoms with Crippen LogP contribution in [0.2, 0.25) is 0 Å². The highest BCUT2D eigenvalue weighted by atomic mass is 16.5. The molecule has 0 spiro atoms. The van der Waals surface area contributed by atoms with Crippen LogP contribution >= 0.6 is 0 Å². The van der Waals surface area contributed by atoms with Crippen LogP contribution < -0.4 is 10.6 Å². The molecular formula is C34H30N4O6. The molecule has 10 heteroatoms. The van der Waals surface area contributed by atoms with Crippen molar-refractivity contribution in [3.05, 3.63) is 101 Å². The van der Waals surface area contributed by atoms with Crippen molar-refractivity contribution in [2.45, 2.75) is 37.8 Å². The second-order valence-electron chi connectivity index (χ2n) is 10.6. The van der Waals surface area contributed by atoms with E-state index in [9.17, 15) is 19.2 Å². The summed E-state index contributed by atoms with van der Waals surface area (Å²) in [6.45, 7) is 1.59. The first-order valence-electron chi connectivity index (χ1n) is 14.5. The van der Waals surface area contributed by atoms with Crippen LogP contribution in [0.5, 0.6) is 0 Å². The van der Waals surface area contributed by atoms with Gasteiger partial charge in [0, 0.05) is 49.3 Å². The van der Waals surface area contributed by atoms with Crippen molar-refractivity contribution in [2.75, 3.05) is 19.8 Å². The number of pyridine rings is 1. The molecule has 222 valence electrons. The molecule has 2 aromatic carbocycles. The van der Waals surface area contributed by atoms with Gasteiger partial charge in [0.25, 0.3) is 11.8 Å². The quantitative estimate of drug-likeness (QED) is 0.162. The largest absolute Gasteiger partial charge is 0.459 e. The van der Waals surface area contributed by atoms with Crippen molar-refractivity contribution in [2.24, 2.45) is 0 Å². The summed E-state index contributed by atoms with van der Waals surface area (Å²) in [6, 6.07) is 17.6. The van der Waals surface area contributed by atoms with Gasteiger partial charge in [-0.25, -0.2) is 0 Å². The van der Waals surface area contributed by atoms with Crippen molar-refractivity contribution in [1.82, 2.24) is 20.5 Å². The number of furan rings is 1. The zero-order valence-electron chi connectivity index (χ0n) is 23.9. The second-order valence-corrected chi connectivity index (χ2v) is 10.6. The van der Waals surface area contributed by atoms with Gasteiger partial charge in [-0.3, -0.25) is 34.4 Å². The van der Waals surface area contributed by atoms with E-state index in [0.29, 0.717) is 38.2 Å². The van der Waals surface area contributed by atoms with Crippen molar-refractivity contribution >= 4 is 34.6 Å². The number of aromatic nitrogens is 1. The lowest BCUT2D eigenvalue weighted by Crippen LogP contribution is -2.54. The molecule has 0 aliphatic carbocycles. The van der Waals surface area contributed by atoms with E-state index in [2.05, 4.69) is 27.5 Å². The Balaban J connectivity index is 0.997. The number of piperidine rings is 1. The molecule has 2 aromatic heterocycles. The number of para-hydroxylation sites is 1. The van der Waals surface area contributed by atoms with Crippen LogP contribution in [0, 0.1) is 11.8 Å². The van der Waals surface area contributed by atoms with Crippen molar-refractivity contribution < 1.29 is 28.3 Å². The number of carbonyl (C=O) groups is 4. The molecular weight excluding hydrogens is 560 g/mol. The number of benzene rings is 2. The Morgan fingerprint density at radius 2 is 1.93 bits per heavy atom. The van der Waals surface area contributed by atoms with E-state index < -0.39 is 29.7 Å². The zero-order valence-corrected chi connectivity index (χ0v) is 23.9. The lowest BCUT2D eigenvalue weighted by atomic mass is 10.0. The molecule has 2 unspecified atom stereocenters. The predicted molar refractivity (Wildman–Crippen MR) is 160 cm³/mol. The smallest absolute Gasteiger partial charge is 0.263 e. The first kappa shape index (κ1) is 29.0. The minimum atomic E-state index is -1.01. The van der Waals surface area contributed by atoms with Gasteiger partial charge in [0.15, 0.2) is 0 Å². The third kappa shape index (κ3) is 6.01. The molecule has 2 aliphatic heterocycles. The van der Waals surface area contributed by atoms with E-state index in [4.69, 9.17) is 9.15 Å². The summed E-state index contributed by atoms with van der Waals surface area (Å²) in [7, 11) is 0. The van der Waals surface area contributed by atoms with Gasteiger partial charge < -0.3 is 14.5 Å². The minimum absolute atomic E-state index is 0.0704. The predicted octanol–water partition coefficient (Wildman–Crippen LogP) is 3.76. The number of ether oxygens (including phenoxy) is 1. The second kappa shape index (κ2) is 13.0. The molecule has 2 N–H and O–H groups in total. The topological polar surface area (TPSA) is 131 Å². The molecule has 0 saturated carbocycles. The number of fused-ring (bicyclic) bond motifs is 2. The average Bonchev–Trinajstić information content (AvgIpc) is 3.57. The van der Waals surface area contributed by atoms with Gasteiger partial charge in [-0.2, -0.15) is 0 Å². The van der Waals surface area contributed by atoms with E-state index in [1.54, 1.807) is 24.4 Å². The number of rotatable bonds is 10. The van der Waals surface area contributed by atoms with Gasteiger partial charge in [0.2, 0.25) is 11.8 Å². The average molecular weight is 591 g/mol. The maximum atomic E-state index is 13.2. The molecule has 10 nitrogen and oxygen atoms in total. The Bertz CT molecular complexity index is 1750. The van der Waals surface area contributed by atoms with Crippen molar-refractivity contribution in [3.63, 3.8) is 0 Å². The number of nitrogens with zero attached hydrogens (tertiary/aromatic N) is 2. The fraction of sp³-hybridized carbons (Fsp3) is 0.265. The Labute approximate surface area is 253 Å². The highest BCUT2D eigenvalue weighted by Crippen LogP contribution is 2.30. The van der Waals surface area contributed by atoms with E-state index in [-0.39, 0.29) is 30.0 Å². The van der Waals surface area contributed by atoms with Crippen LogP contribution in [-0.2, 0) is 14.3 Å². The van der Waals surface area contributed by atoms with Gasteiger partial charge >= 0.3 is 0 Å². The third-order valence-corrected chi connectivity index (χ3v) is 7.62. The van der Waals surface area contributed by atoms with Gasteiger partial charge in [-0.05, 0) is 48.7 Å². The summed E-state index contributed by atoms with van der Waals surface area (Å²) < 4.78 is 11.9. The highest BCUT2D eigenvalue weighted by molar-refractivity contribution is 6.24. The molecule has 44 heavy (non-hydrogen) atoms. The van der Waals surface area contributed by atoms with Gasteiger partial charge in [-0.1, -0.05) is 42.2 Å². The number of carbonyl (C=O) groups excluding carboxylic acids is 4. The summed E-state index contributed by atoms with van der Waals surface area (Å²) in [4.78, 5) is 55.3. The molecule has 6 rings (SSSR count). The first-order chi connectivity index (χ1) is 21.5. The molecule has 0 bridgehead atoms. The summed E-state index contributed by atoms with van der Waals surface area (Å²) >= 11 is 0. The van der Waals surface area contributed by atoms with Crippen LogP contribution in [0.1, 0.15) is 69.3 Å². The SMILES string of the molecule is O=C1CCC(N2C(=O)c3cccc(C#CCCCOCCNC(c4cccnc4)c4cc5ccccc5o4)c3C2=O)C(=O)N1. The van der Waals surface area contributed by atoms with Gasteiger partial charge in [0.05, 0.1) is 23.8 Å². The fourth-order valence-corrected chi connectivity index (χ4v) is 5.49. The molecule has 2 atom stereocenters. The summed E-state index contributed by atoms with van der Waals surface area (Å²) in [5, 5.41) is 6.76. The molecule has 4 aromatic rings. The van der Waals surface area contributed by atoms with Gasteiger partial charge in [-0.15, -0.1) is 0 Å². The summed E-state index contributed by atoms with van der Waals surface area (Å²) in [6.07, 6.45) is 4.96. The Hall–Kier alpha value is -5.11. The summed E-state index contributed by atoms with van der Waals surface area (Å²) in [5.74, 6) is 4.73. The standard InChI is InChI=1S/C34H30N4O6/c39-29-15-14-26(32(40)37-29)38-33(41)25-12-6-10-22(30(25)34(38)42)8-2-1-5-18-43-19-17-36-31(24-11-7-16-35-21-24)28-20-23-9-3-4-13-27(23)44-28/h3-4,6-7,9-13,16,20-21,26,31,36H,1,5,14-15,17-19H2,(H,37,39,40). The van der Waals surface area contributed by atoms with Crippen LogP contribution in [0.3, 0.4) is 0 Å². The zero-order chi connectivity index (χ0) is 30.5. The number of unbranched alkanes of at least 4 members (excludes halogenated alkanes) is 1. The minimum Gasteiger partial charge on any atom is -0.459 e. The number of imide groups is 2. The van der Waals surface area contributed by atoms with E-state index in [1.807, 2.05) is 48.7 Å². The molecule has 0 radical (unpaired) electrons. The Morgan fingerprint density at radius 1 is 1.05 bits per heavy atom. The lowest BCUT2D eigenvalue weighted by molar-refractivity contribution is -0.136. The molecule has 2 aliphatic rings. The number of hydrogen-bond acceptors (Lipinski definition) is 8. The van der Waals surface area contributed by atoms with E-state index in [1.165, 1.54) is 0 Å². The van der Waals surface area contributed by atoms with Gasteiger partial charge in [0.1, 0.15) is 17.4 Å². The fourth-order valence-electron chi connectivity index (χ4n) is 5.49. The van der Waals surface area contributed by atoms with E-state index >= 15 is 0 Å². The maximum absolute atomic E-state index is 13.2. The summed E-state index contributed by atoms with van der Waals surface area (Å²) in [5.41, 5.74) is 2.68. The van der Waals surface area contributed by atoms with Crippen molar-refractivity contribution in [1.29, 1.82) is 0 Å². The third-order valence-electron chi connectivity index (χ3n) is 7.62. The molecule has 4 amide bonds.